The summed E-state index contributed by atoms with van der Waals surface area (Å²) >= 11 is 0. The van der Waals surface area contributed by atoms with Crippen molar-refractivity contribution in [2.75, 3.05) is 46.0 Å². The number of benzene rings is 2. The van der Waals surface area contributed by atoms with Crippen molar-refractivity contribution in [3.63, 3.8) is 0 Å². The fourth-order valence-electron chi connectivity index (χ4n) is 4.72. The smallest absolute Gasteiger partial charge is 0.295 e. The summed E-state index contributed by atoms with van der Waals surface area (Å²) in [6.45, 7) is 14.3. The molecule has 4 rings (SSSR count). The second-order valence-electron chi connectivity index (χ2n) is 10.4. The Morgan fingerprint density at radius 2 is 1.70 bits per heavy atom. The third-order valence-corrected chi connectivity index (χ3v) is 6.89. The second kappa shape index (κ2) is 11.3. The molecule has 2 fully saturated rings. The quantitative estimate of drug-likeness (QED) is 0.250. The van der Waals surface area contributed by atoms with Crippen LogP contribution in [0.3, 0.4) is 0 Å². The van der Waals surface area contributed by atoms with E-state index in [9.17, 15) is 14.7 Å². The number of Topliss-reactive ketones (excluding diaryl/α,β-unsaturated/α-hetero) is 1. The van der Waals surface area contributed by atoms with Crippen LogP contribution in [0.2, 0.25) is 0 Å². The predicted molar refractivity (Wildman–Crippen MR) is 144 cm³/mol. The molecule has 0 radical (unpaired) electrons. The number of ketones is 1. The highest BCUT2D eigenvalue weighted by molar-refractivity contribution is 6.46. The summed E-state index contributed by atoms with van der Waals surface area (Å²) < 4.78 is 11.0. The lowest BCUT2D eigenvalue weighted by Gasteiger charge is -2.31. The van der Waals surface area contributed by atoms with Gasteiger partial charge in [-0.1, -0.05) is 57.7 Å². The molecule has 2 aliphatic heterocycles. The first kappa shape index (κ1) is 26.6. The van der Waals surface area contributed by atoms with E-state index in [-0.39, 0.29) is 16.7 Å². The summed E-state index contributed by atoms with van der Waals surface area (Å²) in [5, 5.41) is 11.3. The van der Waals surface area contributed by atoms with Crippen molar-refractivity contribution in [1.29, 1.82) is 0 Å². The molecule has 7 heteroatoms. The van der Waals surface area contributed by atoms with Crippen LogP contribution < -0.4 is 4.74 Å². The number of nitrogens with zero attached hydrogens (tertiary/aromatic N) is 2. The summed E-state index contributed by atoms with van der Waals surface area (Å²) in [4.78, 5) is 30.4. The largest absolute Gasteiger partial charge is 0.507 e. The van der Waals surface area contributed by atoms with E-state index in [0.717, 1.165) is 24.2 Å². The van der Waals surface area contributed by atoms with Crippen LogP contribution in [0.25, 0.3) is 5.76 Å². The monoisotopic (exact) mass is 504 g/mol. The van der Waals surface area contributed by atoms with Crippen LogP contribution in [0, 0.1) is 0 Å². The molecule has 7 nitrogen and oxygen atoms in total. The number of likely N-dealkylation sites (tertiary alicyclic amines) is 1. The number of rotatable bonds is 8. The third kappa shape index (κ3) is 5.95. The highest BCUT2D eigenvalue weighted by Gasteiger charge is 2.46. The lowest BCUT2D eigenvalue weighted by Crippen LogP contribution is -2.42. The maximum atomic E-state index is 13.3. The van der Waals surface area contributed by atoms with Gasteiger partial charge in [0.2, 0.25) is 0 Å². The fraction of sp³-hybridized carbons (Fsp3) is 0.400. The van der Waals surface area contributed by atoms with Gasteiger partial charge in [0.05, 0.1) is 24.8 Å². The van der Waals surface area contributed by atoms with E-state index in [2.05, 4.69) is 32.3 Å². The molecule has 2 aromatic carbocycles. The van der Waals surface area contributed by atoms with Crippen LogP contribution in [-0.2, 0) is 19.7 Å². The van der Waals surface area contributed by atoms with E-state index in [1.54, 1.807) is 35.2 Å². The number of amides is 1. The first-order valence-corrected chi connectivity index (χ1v) is 12.7. The van der Waals surface area contributed by atoms with Crippen LogP contribution in [0.15, 0.2) is 66.8 Å². The van der Waals surface area contributed by atoms with Gasteiger partial charge in [-0.05, 0) is 40.8 Å². The Morgan fingerprint density at radius 3 is 2.30 bits per heavy atom. The number of hydrogen-bond donors (Lipinski definition) is 1. The Balaban J connectivity index is 1.71. The molecular formula is C30H36N2O5. The van der Waals surface area contributed by atoms with Gasteiger partial charge in [0, 0.05) is 31.7 Å². The predicted octanol–water partition coefficient (Wildman–Crippen LogP) is 4.30. The van der Waals surface area contributed by atoms with Crippen LogP contribution in [0.1, 0.15) is 43.5 Å². The van der Waals surface area contributed by atoms with Gasteiger partial charge >= 0.3 is 0 Å². The van der Waals surface area contributed by atoms with Gasteiger partial charge in [-0.15, -0.1) is 0 Å². The SMILES string of the molecule is C=CCOc1ccc(/C(O)=C2\C(=O)C(=O)N(CCN3CCOCC3)[C@H]2c2ccc(C(C)(C)C)cc2)cc1. The van der Waals surface area contributed by atoms with E-state index in [1.807, 2.05) is 24.3 Å². The molecule has 0 spiro atoms. The molecule has 196 valence electrons. The normalized spacial score (nSPS) is 20.3. The molecule has 1 amide bonds. The topological polar surface area (TPSA) is 79.3 Å². The Kier molecular flexibility index (Phi) is 8.15. The lowest BCUT2D eigenvalue weighted by molar-refractivity contribution is -0.140. The third-order valence-electron chi connectivity index (χ3n) is 6.89. The van der Waals surface area contributed by atoms with Crippen LogP contribution in [0.4, 0.5) is 0 Å². The number of ether oxygens (including phenoxy) is 2. The van der Waals surface area contributed by atoms with Gasteiger partial charge < -0.3 is 19.5 Å². The summed E-state index contributed by atoms with van der Waals surface area (Å²) in [6, 6.07) is 14.1. The maximum absolute atomic E-state index is 13.3. The van der Waals surface area contributed by atoms with Crippen molar-refractivity contribution in [3.8, 4) is 5.75 Å². The molecule has 1 N–H and O–H groups in total. The summed E-state index contributed by atoms with van der Waals surface area (Å²) in [5.74, 6) is -0.828. The van der Waals surface area contributed by atoms with E-state index in [0.29, 0.717) is 44.2 Å². The van der Waals surface area contributed by atoms with Crippen molar-refractivity contribution in [2.45, 2.75) is 32.2 Å². The van der Waals surface area contributed by atoms with Crippen LogP contribution in [0.5, 0.6) is 5.75 Å². The Labute approximate surface area is 219 Å². The standard InChI is InChI=1S/C30H36N2O5/c1-5-18-37-24-12-8-22(9-13-24)27(33)25-26(21-6-10-23(11-7-21)30(2,3)4)32(29(35)28(25)34)15-14-31-16-19-36-20-17-31/h5-13,26,33H,1,14-20H2,2-4H3/b27-25+/t26-/m0/s1. The van der Waals surface area contributed by atoms with Gasteiger partial charge in [0.25, 0.3) is 11.7 Å². The molecule has 0 saturated carbocycles. The molecule has 2 saturated heterocycles. The second-order valence-corrected chi connectivity index (χ2v) is 10.4. The minimum absolute atomic E-state index is 0.0356. The van der Waals surface area contributed by atoms with Crippen molar-refractivity contribution in [3.05, 3.63) is 83.4 Å². The molecule has 0 unspecified atom stereocenters. The Morgan fingerprint density at radius 1 is 1.05 bits per heavy atom. The van der Waals surface area contributed by atoms with Crippen molar-refractivity contribution >= 4 is 17.4 Å². The van der Waals surface area contributed by atoms with Gasteiger partial charge in [-0.3, -0.25) is 14.5 Å². The average Bonchev–Trinajstić information content (AvgIpc) is 3.15. The number of carbonyl (C=O) groups excluding carboxylic acids is 2. The van der Waals surface area contributed by atoms with E-state index < -0.39 is 17.7 Å². The Hall–Kier alpha value is -3.42. The van der Waals surface area contributed by atoms with Crippen molar-refractivity contribution in [1.82, 2.24) is 9.80 Å². The van der Waals surface area contributed by atoms with Gasteiger partial charge in [-0.2, -0.15) is 0 Å². The first-order chi connectivity index (χ1) is 17.7. The van der Waals surface area contributed by atoms with E-state index >= 15 is 0 Å². The minimum atomic E-state index is -0.674. The zero-order valence-corrected chi connectivity index (χ0v) is 21.9. The minimum Gasteiger partial charge on any atom is -0.507 e. The lowest BCUT2D eigenvalue weighted by atomic mass is 9.85. The van der Waals surface area contributed by atoms with Gasteiger partial charge in [0.1, 0.15) is 18.1 Å². The van der Waals surface area contributed by atoms with Gasteiger partial charge in [-0.25, -0.2) is 0 Å². The molecule has 0 aromatic heterocycles. The number of morpholine rings is 1. The fourth-order valence-corrected chi connectivity index (χ4v) is 4.72. The molecule has 2 aliphatic rings. The first-order valence-electron chi connectivity index (χ1n) is 12.7. The highest BCUT2D eigenvalue weighted by Crippen LogP contribution is 2.40. The molecule has 0 aliphatic carbocycles. The molecule has 2 heterocycles. The number of aliphatic hydroxyl groups is 1. The average molecular weight is 505 g/mol. The number of carbonyl (C=O) groups is 2. The van der Waals surface area contributed by atoms with E-state index in [1.165, 1.54) is 0 Å². The molecule has 0 bridgehead atoms. The Bertz CT molecular complexity index is 1160. The molecule has 1 atom stereocenters. The summed E-state index contributed by atoms with van der Waals surface area (Å²) in [7, 11) is 0. The number of aliphatic hydroxyl groups excluding tert-OH is 1. The van der Waals surface area contributed by atoms with Crippen molar-refractivity contribution < 1.29 is 24.2 Å². The zero-order chi connectivity index (χ0) is 26.6. The van der Waals surface area contributed by atoms with Gasteiger partial charge in [0.15, 0.2) is 0 Å². The molecular weight excluding hydrogens is 468 g/mol. The molecule has 37 heavy (non-hydrogen) atoms. The number of hydrogen-bond acceptors (Lipinski definition) is 6. The van der Waals surface area contributed by atoms with Crippen LogP contribution >= 0.6 is 0 Å². The summed E-state index contributed by atoms with van der Waals surface area (Å²) in [6.07, 6.45) is 1.65. The summed E-state index contributed by atoms with van der Waals surface area (Å²) in [5.41, 5.74) is 2.47. The molecule has 2 aromatic rings. The van der Waals surface area contributed by atoms with Crippen LogP contribution in [-0.4, -0.2) is 72.6 Å². The van der Waals surface area contributed by atoms with Crippen molar-refractivity contribution in [2.24, 2.45) is 0 Å². The highest BCUT2D eigenvalue weighted by atomic mass is 16.5. The van der Waals surface area contributed by atoms with E-state index in [4.69, 9.17) is 9.47 Å². The zero-order valence-electron chi connectivity index (χ0n) is 21.9. The maximum Gasteiger partial charge on any atom is 0.295 e.